The van der Waals surface area contributed by atoms with Crippen LogP contribution in [0.2, 0.25) is 20.1 Å². The highest BCUT2D eigenvalue weighted by molar-refractivity contribution is 9.12. The number of benzene rings is 2. The number of halogens is 8. The van der Waals surface area contributed by atoms with Crippen LogP contribution in [0.5, 0.6) is 11.5 Å². The molecule has 0 N–H and O–H groups in total. The van der Waals surface area contributed by atoms with Crippen LogP contribution in [0.15, 0.2) is 24.3 Å². The van der Waals surface area contributed by atoms with Crippen LogP contribution in [-0.2, 0) is 5.41 Å². The zero-order valence-electron chi connectivity index (χ0n) is 18.2. The van der Waals surface area contributed by atoms with Gasteiger partial charge in [0.1, 0.15) is 13.2 Å². The molecular formula is C24H24Br4Cl4O2. The second kappa shape index (κ2) is 13.8. The molecule has 2 nitrogen and oxygen atoms in total. The molecule has 0 aromatic heterocycles. The third-order valence-corrected chi connectivity index (χ3v) is 11.6. The highest BCUT2D eigenvalue weighted by atomic mass is 79.9. The Morgan fingerprint density at radius 3 is 1.35 bits per heavy atom. The molecule has 1 aliphatic carbocycles. The van der Waals surface area contributed by atoms with Crippen LogP contribution in [0.4, 0.5) is 0 Å². The van der Waals surface area contributed by atoms with Gasteiger partial charge in [-0.1, -0.05) is 129 Å². The molecule has 188 valence electrons. The van der Waals surface area contributed by atoms with Gasteiger partial charge in [-0.05, 0) is 48.2 Å². The van der Waals surface area contributed by atoms with Crippen molar-refractivity contribution in [2.75, 3.05) is 23.9 Å². The van der Waals surface area contributed by atoms with Crippen LogP contribution in [0.25, 0.3) is 0 Å². The second-order valence-electron chi connectivity index (χ2n) is 8.31. The molecule has 34 heavy (non-hydrogen) atoms. The van der Waals surface area contributed by atoms with Crippen molar-refractivity contribution >= 4 is 110 Å². The maximum Gasteiger partial charge on any atom is 0.156 e. The predicted molar refractivity (Wildman–Crippen MR) is 161 cm³/mol. The zero-order chi connectivity index (χ0) is 24.9. The molecule has 2 unspecified atom stereocenters. The van der Waals surface area contributed by atoms with Crippen LogP contribution in [-0.4, -0.2) is 33.5 Å². The van der Waals surface area contributed by atoms with Gasteiger partial charge in [0.05, 0.1) is 29.7 Å². The van der Waals surface area contributed by atoms with E-state index < -0.39 is 0 Å². The monoisotopic (exact) mass is 800 g/mol. The lowest BCUT2D eigenvalue weighted by Crippen LogP contribution is -2.30. The van der Waals surface area contributed by atoms with Crippen molar-refractivity contribution in [1.82, 2.24) is 0 Å². The van der Waals surface area contributed by atoms with Crippen molar-refractivity contribution in [3.63, 3.8) is 0 Å². The first-order valence-electron chi connectivity index (χ1n) is 10.9. The molecule has 1 fully saturated rings. The van der Waals surface area contributed by atoms with Crippen LogP contribution >= 0.6 is 110 Å². The fraction of sp³-hybridized carbons (Fsp3) is 0.500. The van der Waals surface area contributed by atoms with Crippen LogP contribution < -0.4 is 9.47 Å². The molecule has 10 heteroatoms. The summed E-state index contributed by atoms with van der Waals surface area (Å²) in [6.45, 7) is 0.901. The van der Waals surface area contributed by atoms with Crippen molar-refractivity contribution < 1.29 is 9.47 Å². The van der Waals surface area contributed by atoms with Crippen molar-refractivity contribution in [2.24, 2.45) is 0 Å². The van der Waals surface area contributed by atoms with E-state index in [1.165, 1.54) is 6.42 Å². The Hall–Kier alpha value is 1.12. The summed E-state index contributed by atoms with van der Waals surface area (Å²) in [5.74, 6) is 0.999. The van der Waals surface area contributed by atoms with E-state index in [0.29, 0.717) is 44.8 Å². The molecule has 0 spiro atoms. The Balaban J connectivity index is 2.00. The van der Waals surface area contributed by atoms with Gasteiger partial charge in [-0.25, -0.2) is 0 Å². The van der Waals surface area contributed by atoms with Crippen molar-refractivity contribution in [1.29, 1.82) is 0 Å². The van der Waals surface area contributed by atoms with Gasteiger partial charge >= 0.3 is 0 Å². The molecule has 1 saturated carbocycles. The Morgan fingerprint density at radius 2 is 1.03 bits per heavy atom. The summed E-state index contributed by atoms with van der Waals surface area (Å²) >= 11 is 40.7. The van der Waals surface area contributed by atoms with Crippen LogP contribution in [0, 0.1) is 0 Å². The zero-order valence-corrected chi connectivity index (χ0v) is 27.5. The van der Waals surface area contributed by atoms with E-state index >= 15 is 0 Å². The number of rotatable bonds is 10. The minimum absolute atomic E-state index is 0.156. The highest BCUT2D eigenvalue weighted by Crippen LogP contribution is 2.50. The molecule has 0 radical (unpaired) electrons. The molecule has 0 saturated heterocycles. The number of hydrogen-bond acceptors (Lipinski definition) is 2. The topological polar surface area (TPSA) is 18.5 Å². The summed E-state index contributed by atoms with van der Waals surface area (Å²) in [5, 5.41) is 3.51. The summed E-state index contributed by atoms with van der Waals surface area (Å²) in [6, 6.07) is 7.90. The highest BCUT2D eigenvalue weighted by Gasteiger charge is 2.38. The summed E-state index contributed by atoms with van der Waals surface area (Å²) in [5.41, 5.74) is 1.80. The minimum Gasteiger partial charge on any atom is -0.489 e. The maximum atomic E-state index is 6.69. The summed E-state index contributed by atoms with van der Waals surface area (Å²) in [7, 11) is 0. The maximum absolute atomic E-state index is 6.69. The fourth-order valence-corrected chi connectivity index (χ4v) is 6.11. The third-order valence-electron chi connectivity index (χ3n) is 5.96. The Labute approximate surface area is 255 Å². The molecular weight excluding hydrogens is 782 g/mol. The van der Waals surface area contributed by atoms with Crippen LogP contribution in [0.3, 0.4) is 0 Å². The van der Waals surface area contributed by atoms with E-state index in [4.69, 9.17) is 55.9 Å². The average Bonchev–Trinajstić information content (AvgIpc) is 2.82. The van der Waals surface area contributed by atoms with Crippen LogP contribution in [0.1, 0.15) is 43.2 Å². The normalized spacial score (nSPS) is 17.3. The summed E-state index contributed by atoms with van der Waals surface area (Å²) in [6.07, 6.45) is 5.27. The quantitative estimate of drug-likeness (QED) is 0.223. The lowest BCUT2D eigenvalue weighted by molar-refractivity contribution is 0.322. The largest absolute Gasteiger partial charge is 0.489 e. The van der Waals surface area contributed by atoms with Gasteiger partial charge < -0.3 is 9.47 Å². The fourth-order valence-electron chi connectivity index (χ4n) is 4.28. The number of alkyl halides is 4. The molecule has 3 rings (SSSR count). The van der Waals surface area contributed by atoms with Gasteiger partial charge in [-0.2, -0.15) is 0 Å². The SMILES string of the molecule is Clc1cc(C2(c3cc(Cl)c(OCC(Br)CBr)c(Cl)c3)CCCCC2)cc(Cl)c1OCC(Br)CBr. The van der Waals surface area contributed by atoms with Crippen molar-refractivity contribution in [2.45, 2.75) is 47.2 Å². The predicted octanol–water partition coefficient (Wildman–Crippen LogP) is 10.6. The van der Waals surface area contributed by atoms with E-state index in [-0.39, 0.29) is 15.1 Å². The van der Waals surface area contributed by atoms with E-state index in [1.54, 1.807) is 0 Å². The lowest BCUT2D eigenvalue weighted by Gasteiger charge is -2.39. The number of ether oxygens (including phenoxy) is 2. The molecule has 0 heterocycles. The number of hydrogen-bond donors (Lipinski definition) is 0. The molecule has 0 bridgehead atoms. The van der Waals surface area contributed by atoms with Crippen molar-refractivity contribution in [3.05, 3.63) is 55.5 Å². The minimum atomic E-state index is -0.294. The van der Waals surface area contributed by atoms with E-state index in [1.807, 2.05) is 24.3 Å². The van der Waals surface area contributed by atoms with Gasteiger partial charge in [-0.3, -0.25) is 0 Å². The van der Waals surface area contributed by atoms with Gasteiger partial charge in [0, 0.05) is 16.1 Å². The summed E-state index contributed by atoms with van der Waals surface area (Å²) in [4.78, 5) is 0.312. The molecule has 0 amide bonds. The van der Waals surface area contributed by atoms with E-state index in [0.717, 1.165) is 47.5 Å². The standard InChI is InChI=1S/C24H24Br4Cl4O2/c25-10-16(27)12-33-22-18(29)6-14(7-19(22)30)24(4-2-1-3-5-24)15-8-20(31)23(21(32)9-15)34-13-17(28)11-26/h6-9,16-17H,1-5,10-13H2. The molecule has 2 aromatic rings. The first-order chi connectivity index (χ1) is 16.2. The van der Waals surface area contributed by atoms with Gasteiger partial charge in [0.15, 0.2) is 11.5 Å². The molecule has 1 aliphatic rings. The van der Waals surface area contributed by atoms with Gasteiger partial charge in [0.2, 0.25) is 0 Å². The lowest BCUT2D eigenvalue weighted by atomic mass is 9.65. The Kier molecular flexibility index (Phi) is 12.0. The Bertz CT molecular complexity index is 868. The van der Waals surface area contributed by atoms with Crippen molar-refractivity contribution in [3.8, 4) is 11.5 Å². The first kappa shape index (κ1) is 29.7. The van der Waals surface area contributed by atoms with Gasteiger partial charge in [0.25, 0.3) is 0 Å². The summed E-state index contributed by atoms with van der Waals surface area (Å²) < 4.78 is 11.8. The second-order valence-corrected chi connectivity index (χ2v) is 13.8. The molecule has 2 atom stereocenters. The molecule has 0 aliphatic heterocycles. The molecule has 2 aromatic carbocycles. The average molecular weight is 806 g/mol. The third kappa shape index (κ3) is 7.15. The van der Waals surface area contributed by atoms with Gasteiger partial charge in [-0.15, -0.1) is 0 Å². The first-order valence-corrected chi connectivity index (χ1v) is 16.4. The van der Waals surface area contributed by atoms with E-state index in [2.05, 4.69) is 63.7 Å². The van der Waals surface area contributed by atoms with E-state index in [9.17, 15) is 0 Å². The smallest absolute Gasteiger partial charge is 0.156 e. The Morgan fingerprint density at radius 1 is 0.676 bits per heavy atom.